The van der Waals surface area contributed by atoms with Crippen molar-refractivity contribution < 1.29 is 28.5 Å². The maximum atomic E-state index is 13.2. The number of carbonyl (C=O) groups is 1. The minimum atomic E-state index is -0.221. The molecule has 1 aliphatic heterocycles. The lowest BCUT2D eigenvalue weighted by Gasteiger charge is -2.12. The second-order valence-electron chi connectivity index (χ2n) is 7.25. The Morgan fingerprint density at radius 3 is 2.46 bits per heavy atom. The molecule has 2 heterocycles. The topological polar surface area (TPSA) is 106 Å². The highest BCUT2D eigenvalue weighted by Crippen LogP contribution is 2.35. The van der Waals surface area contributed by atoms with Crippen LogP contribution in [0.5, 0.6) is 23.0 Å². The fraction of sp³-hybridized carbons (Fsp3) is 0.160. The first kappa shape index (κ1) is 24.0. The number of ether oxygens (including phenoxy) is 3. The van der Waals surface area contributed by atoms with Crippen molar-refractivity contribution in [1.29, 1.82) is 0 Å². The largest absolute Gasteiger partial charge is 0.504 e. The van der Waals surface area contributed by atoms with Gasteiger partial charge in [0.15, 0.2) is 28.2 Å². The summed E-state index contributed by atoms with van der Waals surface area (Å²) in [6, 6.07) is 13.8. The van der Waals surface area contributed by atoms with Gasteiger partial charge in [-0.3, -0.25) is 9.69 Å². The first-order valence-electron chi connectivity index (χ1n) is 10.5. The number of carbonyl (C=O) groups excluding carboxylic acids is 1. The number of aromatic hydroxyl groups is 1. The number of methoxy groups -OCH3 is 3. The molecule has 10 heteroatoms. The van der Waals surface area contributed by atoms with Gasteiger partial charge in [-0.15, -0.1) is 5.10 Å². The van der Waals surface area contributed by atoms with Gasteiger partial charge in [-0.05, 0) is 71.4 Å². The standard InChI is InChI=1S/C25H23N3O6S/c1-31-20-9-7-16(11-22(20)33-3)13-23-24(30)28(15-18-5-4-10-34-18)25(35-23)27-26-14-17-6-8-19(29)21(12-17)32-2/h4-14,29H,15H2,1-3H3/b23-13-,26-14-,27-25+. The third kappa shape index (κ3) is 5.49. The number of amides is 1. The Kier molecular flexibility index (Phi) is 7.41. The summed E-state index contributed by atoms with van der Waals surface area (Å²) in [6.45, 7) is 0.212. The van der Waals surface area contributed by atoms with E-state index in [-0.39, 0.29) is 18.2 Å². The molecule has 0 aliphatic carbocycles. The zero-order valence-corrected chi connectivity index (χ0v) is 20.1. The number of benzene rings is 2. The molecule has 180 valence electrons. The molecule has 3 aromatic rings. The number of hydrogen-bond acceptors (Lipinski definition) is 9. The maximum absolute atomic E-state index is 13.2. The first-order chi connectivity index (χ1) is 17.0. The molecule has 0 atom stereocenters. The van der Waals surface area contributed by atoms with Crippen molar-refractivity contribution >= 4 is 35.1 Å². The highest BCUT2D eigenvalue weighted by molar-refractivity contribution is 8.18. The molecular formula is C25H23N3O6S. The smallest absolute Gasteiger partial charge is 0.267 e. The van der Waals surface area contributed by atoms with Crippen LogP contribution in [0.3, 0.4) is 0 Å². The van der Waals surface area contributed by atoms with Crippen LogP contribution in [-0.4, -0.2) is 48.6 Å². The van der Waals surface area contributed by atoms with Gasteiger partial charge in [0.1, 0.15) is 5.76 Å². The molecule has 1 N–H and O–H groups in total. The van der Waals surface area contributed by atoms with Gasteiger partial charge in [-0.1, -0.05) is 6.07 Å². The molecule has 1 aromatic heterocycles. The van der Waals surface area contributed by atoms with Crippen molar-refractivity contribution in [2.75, 3.05) is 21.3 Å². The molecule has 0 spiro atoms. The molecule has 1 amide bonds. The van der Waals surface area contributed by atoms with Crippen molar-refractivity contribution in [3.63, 3.8) is 0 Å². The Morgan fingerprint density at radius 2 is 1.74 bits per heavy atom. The van der Waals surface area contributed by atoms with Gasteiger partial charge < -0.3 is 23.7 Å². The SMILES string of the molecule is COc1cc(/C=N\N=C2\S/C(=C\c3ccc(OC)c(OC)c3)C(=O)N2Cc2ccco2)ccc1O. The van der Waals surface area contributed by atoms with Gasteiger partial charge in [0.2, 0.25) is 0 Å². The van der Waals surface area contributed by atoms with Gasteiger partial charge in [0, 0.05) is 0 Å². The summed E-state index contributed by atoms with van der Waals surface area (Å²) < 4.78 is 21.2. The zero-order chi connectivity index (χ0) is 24.8. The molecule has 0 bridgehead atoms. The van der Waals surface area contributed by atoms with E-state index in [0.717, 1.165) is 5.56 Å². The van der Waals surface area contributed by atoms with E-state index in [1.54, 1.807) is 63.0 Å². The number of rotatable bonds is 8. The average Bonchev–Trinajstić information content (AvgIpc) is 3.49. The van der Waals surface area contributed by atoms with Crippen molar-refractivity contribution in [1.82, 2.24) is 4.90 Å². The van der Waals surface area contributed by atoms with E-state index in [4.69, 9.17) is 18.6 Å². The van der Waals surface area contributed by atoms with Gasteiger partial charge >= 0.3 is 0 Å². The van der Waals surface area contributed by atoms with Gasteiger partial charge in [0.05, 0.1) is 45.3 Å². The lowest BCUT2D eigenvalue weighted by molar-refractivity contribution is -0.122. The molecule has 9 nitrogen and oxygen atoms in total. The van der Waals surface area contributed by atoms with E-state index in [1.165, 1.54) is 36.1 Å². The van der Waals surface area contributed by atoms with Crippen molar-refractivity contribution in [2.24, 2.45) is 10.2 Å². The van der Waals surface area contributed by atoms with Crippen molar-refractivity contribution in [2.45, 2.75) is 6.54 Å². The van der Waals surface area contributed by atoms with Crippen molar-refractivity contribution in [3.05, 3.63) is 76.6 Å². The maximum Gasteiger partial charge on any atom is 0.267 e. The Morgan fingerprint density at radius 1 is 1.00 bits per heavy atom. The van der Waals surface area contributed by atoms with Crippen LogP contribution in [0.15, 0.2) is 74.3 Å². The molecule has 35 heavy (non-hydrogen) atoms. The monoisotopic (exact) mass is 493 g/mol. The summed E-state index contributed by atoms with van der Waals surface area (Å²) in [4.78, 5) is 15.2. The number of thioether (sulfide) groups is 1. The lowest BCUT2D eigenvalue weighted by Crippen LogP contribution is -2.28. The number of furan rings is 1. The van der Waals surface area contributed by atoms with Crippen LogP contribution in [0.25, 0.3) is 6.08 Å². The molecule has 0 saturated carbocycles. The average molecular weight is 494 g/mol. The van der Waals surface area contributed by atoms with Crippen LogP contribution >= 0.6 is 11.8 Å². The molecule has 2 aromatic carbocycles. The van der Waals surface area contributed by atoms with Crippen LogP contribution in [-0.2, 0) is 11.3 Å². The number of phenolic OH excluding ortho intramolecular Hbond substituents is 1. The minimum absolute atomic E-state index is 0.0301. The number of phenols is 1. The fourth-order valence-electron chi connectivity index (χ4n) is 3.29. The van der Waals surface area contributed by atoms with Crippen LogP contribution in [0.4, 0.5) is 0 Å². The quantitative estimate of drug-likeness (QED) is 0.279. The van der Waals surface area contributed by atoms with Crippen LogP contribution in [0, 0.1) is 0 Å². The summed E-state index contributed by atoms with van der Waals surface area (Å²) in [5, 5.41) is 18.6. The summed E-state index contributed by atoms with van der Waals surface area (Å²) in [6.07, 6.45) is 4.83. The van der Waals surface area contributed by atoms with Gasteiger partial charge in [0.25, 0.3) is 5.91 Å². The van der Waals surface area contributed by atoms with E-state index >= 15 is 0 Å². The summed E-state index contributed by atoms with van der Waals surface area (Å²) in [5.41, 5.74) is 1.45. The third-order valence-corrected chi connectivity index (χ3v) is 6.04. The second-order valence-corrected chi connectivity index (χ2v) is 8.26. The zero-order valence-electron chi connectivity index (χ0n) is 19.3. The molecule has 0 radical (unpaired) electrons. The Bertz CT molecular complexity index is 1300. The molecule has 1 aliphatic rings. The summed E-state index contributed by atoms with van der Waals surface area (Å²) in [7, 11) is 4.59. The second kappa shape index (κ2) is 10.8. The molecule has 0 unspecified atom stereocenters. The van der Waals surface area contributed by atoms with E-state index < -0.39 is 0 Å². The predicted molar refractivity (Wildman–Crippen MR) is 134 cm³/mol. The fourth-order valence-corrected chi connectivity index (χ4v) is 4.23. The number of nitrogens with zero attached hydrogens (tertiary/aromatic N) is 3. The highest BCUT2D eigenvalue weighted by Gasteiger charge is 2.34. The Hall–Kier alpha value is -4.18. The normalized spacial score (nSPS) is 16.0. The molecule has 4 rings (SSSR count). The van der Waals surface area contributed by atoms with E-state index in [9.17, 15) is 9.90 Å². The molecule has 1 saturated heterocycles. The molecular weight excluding hydrogens is 470 g/mol. The predicted octanol–water partition coefficient (Wildman–Crippen LogP) is 4.52. The lowest BCUT2D eigenvalue weighted by atomic mass is 10.2. The summed E-state index contributed by atoms with van der Waals surface area (Å²) in [5.74, 6) is 1.91. The van der Waals surface area contributed by atoms with Crippen LogP contribution in [0.2, 0.25) is 0 Å². The Labute approximate surface area is 206 Å². The minimum Gasteiger partial charge on any atom is -0.504 e. The van der Waals surface area contributed by atoms with E-state index in [2.05, 4.69) is 10.2 Å². The number of hydrogen-bond donors (Lipinski definition) is 1. The first-order valence-corrected chi connectivity index (χ1v) is 11.3. The number of amidine groups is 1. The van der Waals surface area contributed by atoms with E-state index in [1.807, 2.05) is 6.07 Å². The highest BCUT2D eigenvalue weighted by atomic mass is 32.2. The van der Waals surface area contributed by atoms with E-state index in [0.29, 0.717) is 38.6 Å². The molecule has 1 fully saturated rings. The van der Waals surface area contributed by atoms with Crippen LogP contribution < -0.4 is 14.2 Å². The third-order valence-electron chi connectivity index (χ3n) is 5.04. The van der Waals surface area contributed by atoms with Gasteiger partial charge in [-0.2, -0.15) is 5.10 Å². The summed E-state index contributed by atoms with van der Waals surface area (Å²) >= 11 is 1.21. The Balaban J connectivity index is 1.63. The van der Waals surface area contributed by atoms with Gasteiger partial charge in [-0.25, -0.2) is 0 Å². The van der Waals surface area contributed by atoms with Crippen molar-refractivity contribution in [3.8, 4) is 23.0 Å². The van der Waals surface area contributed by atoms with Crippen LogP contribution in [0.1, 0.15) is 16.9 Å².